The molecule has 0 atom stereocenters. The second kappa shape index (κ2) is 4.69. The van der Waals surface area contributed by atoms with Crippen molar-refractivity contribution < 1.29 is 4.79 Å². The molecule has 2 rings (SSSR count). The van der Waals surface area contributed by atoms with Gasteiger partial charge in [0.2, 0.25) is 5.78 Å². The Morgan fingerprint density at radius 2 is 1.74 bits per heavy atom. The van der Waals surface area contributed by atoms with Crippen molar-refractivity contribution in [1.29, 1.82) is 0 Å². The third-order valence-corrected chi connectivity index (χ3v) is 3.61. The highest BCUT2D eigenvalue weighted by molar-refractivity contribution is 6.10. The lowest BCUT2D eigenvalue weighted by Gasteiger charge is -2.22. The molecule has 2 nitrogen and oxygen atoms in total. The van der Waals surface area contributed by atoms with Gasteiger partial charge in [-0.25, -0.2) is 0 Å². The number of ketones is 1. The van der Waals surface area contributed by atoms with Crippen molar-refractivity contribution in [3.63, 3.8) is 0 Å². The zero-order chi connectivity index (χ0) is 14.2. The van der Waals surface area contributed by atoms with E-state index in [0.717, 1.165) is 22.3 Å². The molecule has 0 unspecified atom stereocenters. The third kappa shape index (κ3) is 2.48. The Balaban J connectivity index is 2.54. The molecule has 2 aromatic rings. The largest absolute Gasteiger partial charge is 0.358 e. The summed E-state index contributed by atoms with van der Waals surface area (Å²) >= 11 is 0. The molecule has 0 bridgehead atoms. The zero-order valence-electron chi connectivity index (χ0n) is 12.3. The third-order valence-electron chi connectivity index (χ3n) is 3.61. The first-order chi connectivity index (χ1) is 8.82. The number of aryl methyl sites for hydroxylation is 1. The maximum atomic E-state index is 12.7. The van der Waals surface area contributed by atoms with Gasteiger partial charge >= 0.3 is 0 Å². The van der Waals surface area contributed by atoms with Crippen molar-refractivity contribution in [2.24, 2.45) is 0 Å². The minimum Gasteiger partial charge on any atom is -0.358 e. The van der Waals surface area contributed by atoms with Crippen LogP contribution in [0.2, 0.25) is 0 Å². The number of hydrogen-bond donors (Lipinski definition) is 1. The van der Waals surface area contributed by atoms with Gasteiger partial charge in [0.05, 0.1) is 5.69 Å². The topological polar surface area (TPSA) is 32.9 Å². The van der Waals surface area contributed by atoms with Gasteiger partial charge in [0.25, 0.3) is 0 Å². The minimum absolute atomic E-state index is 0.0399. The van der Waals surface area contributed by atoms with Gasteiger partial charge in [-0.15, -0.1) is 0 Å². The fourth-order valence-corrected chi connectivity index (χ4v) is 2.30. The molecule has 1 N–H and O–H groups in total. The van der Waals surface area contributed by atoms with Crippen LogP contribution in [0.3, 0.4) is 0 Å². The summed E-state index contributed by atoms with van der Waals surface area (Å²) in [6, 6.07) is 7.87. The maximum Gasteiger partial charge on any atom is 0.209 e. The first-order valence-corrected chi connectivity index (χ1v) is 6.61. The van der Waals surface area contributed by atoms with Gasteiger partial charge in [0.1, 0.15) is 0 Å². The quantitative estimate of drug-likeness (QED) is 0.803. The molecular formula is C17H21NO. The Hall–Kier alpha value is -1.83. The van der Waals surface area contributed by atoms with Crippen LogP contribution in [-0.2, 0) is 5.41 Å². The first kappa shape index (κ1) is 13.6. The van der Waals surface area contributed by atoms with Crippen molar-refractivity contribution in [3.8, 4) is 0 Å². The van der Waals surface area contributed by atoms with Gasteiger partial charge in [-0.05, 0) is 36.0 Å². The Bertz CT molecular complexity index is 614. The summed E-state index contributed by atoms with van der Waals surface area (Å²) in [6.45, 7) is 10.4. The number of aromatic nitrogens is 1. The van der Waals surface area contributed by atoms with E-state index in [0.29, 0.717) is 5.69 Å². The van der Waals surface area contributed by atoms with Gasteiger partial charge in [-0.1, -0.05) is 45.0 Å². The van der Waals surface area contributed by atoms with Crippen molar-refractivity contribution >= 4 is 5.78 Å². The van der Waals surface area contributed by atoms with E-state index in [1.165, 1.54) is 0 Å². The molecule has 0 aliphatic heterocycles. The number of hydrogen-bond acceptors (Lipinski definition) is 1. The summed E-state index contributed by atoms with van der Waals surface area (Å²) in [5.74, 6) is 0.0797. The standard InChI is InChI=1S/C17H21NO/c1-11-10-18-15(12(11)2)16(19)13-8-6-7-9-14(13)17(3,4)5/h6-10,18H,1-5H3. The van der Waals surface area contributed by atoms with E-state index in [4.69, 9.17) is 0 Å². The second-order valence-electron chi connectivity index (χ2n) is 6.10. The normalized spacial score (nSPS) is 11.6. The average molecular weight is 255 g/mol. The molecule has 1 aromatic heterocycles. The fourth-order valence-electron chi connectivity index (χ4n) is 2.30. The predicted octanol–water partition coefficient (Wildman–Crippen LogP) is 4.16. The molecule has 0 saturated carbocycles. The molecule has 19 heavy (non-hydrogen) atoms. The van der Waals surface area contributed by atoms with E-state index in [1.807, 2.05) is 44.3 Å². The van der Waals surface area contributed by atoms with E-state index in [1.54, 1.807) is 0 Å². The summed E-state index contributed by atoms with van der Waals surface area (Å²) in [7, 11) is 0. The maximum absolute atomic E-state index is 12.7. The van der Waals surface area contributed by atoms with Crippen LogP contribution in [0.1, 0.15) is 53.5 Å². The number of rotatable bonds is 2. The molecular weight excluding hydrogens is 234 g/mol. The molecule has 1 aromatic carbocycles. The molecule has 1 heterocycles. The molecule has 0 aliphatic rings. The minimum atomic E-state index is -0.0399. The van der Waals surface area contributed by atoms with E-state index in [-0.39, 0.29) is 11.2 Å². The SMILES string of the molecule is Cc1c[nH]c(C(=O)c2ccccc2C(C)(C)C)c1C. The van der Waals surface area contributed by atoms with Gasteiger partial charge in [-0.2, -0.15) is 0 Å². The van der Waals surface area contributed by atoms with Crippen LogP contribution in [0.5, 0.6) is 0 Å². The Kier molecular flexibility index (Phi) is 3.36. The van der Waals surface area contributed by atoms with Gasteiger partial charge in [0.15, 0.2) is 0 Å². The monoisotopic (exact) mass is 255 g/mol. The number of aromatic amines is 1. The van der Waals surface area contributed by atoms with Gasteiger partial charge in [-0.3, -0.25) is 4.79 Å². The van der Waals surface area contributed by atoms with Gasteiger partial charge < -0.3 is 4.98 Å². The van der Waals surface area contributed by atoms with Gasteiger partial charge in [0, 0.05) is 11.8 Å². The van der Waals surface area contributed by atoms with Crippen molar-refractivity contribution in [1.82, 2.24) is 4.98 Å². The summed E-state index contributed by atoms with van der Waals surface area (Å²) in [5.41, 5.74) is 4.70. The van der Waals surface area contributed by atoms with Crippen molar-refractivity contribution in [3.05, 3.63) is 58.4 Å². The van der Waals surface area contributed by atoms with Crippen molar-refractivity contribution in [2.75, 3.05) is 0 Å². The van der Waals surface area contributed by atoms with E-state index in [9.17, 15) is 4.79 Å². The summed E-state index contributed by atoms with van der Waals surface area (Å²) < 4.78 is 0. The van der Waals surface area contributed by atoms with Crippen LogP contribution in [0.4, 0.5) is 0 Å². The smallest absolute Gasteiger partial charge is 0.209 e. The number of benzene rings is 1. The molecule has 0 aliphatic carbocycles. The molecule has 2 heteroatoms. The lowest BCUT2D eigenvalue weighted by atomic mass is 9.82. The Labute approximate surface area is 114 Å². The molecule has 0 radical (unpaired) electrons. The van der Waals surface area contributed by atoms with E-state index < -0.39 is 0 Å². The molecule has 0 amide bonds. The van der Waals surface area contributed by atoms with Crippen LogP contribution in [0, 0.1) is 13.8 Å². The molecule has 0 spiro atoms. The molecule has 0 fully saturated rings. The van der Waals surface area contributed by atoms with Crippen LogP contribution >= 0.6 is 0 Å². The molecule has 0 saturated heterocycles. The number of nitrogens with one attached hydrogen (secondary N) is 1. The first-order valence-electron chi connectivity index (χ1n) is 6.61. The number of carbonyl (C=O) groups excluding carboxylic acids is 1. The van der Waals surface area contributed by atoms with Crippen molar-refractivity contribution in [2.45, 2.75) is 40.0 Å². The number of H-pyrrole nitrogens is 1. The molecule has 100 valence electrons. The highest BCUT2D eigenvalue weighted by Gasteiger charge is 2.23. The van der Waals surface area contributed by atoms with Crippen LogP contribution in [0.15, 0.2) is 30.5 Å². The Morgan fingerprint density at radius 1 is 1.11 bits per heavy atom. The second-order valence-corrected chi connectivity index (χ2v) is 6.10. The summed E-state index contributed by atoms with van der Waals surface area (Å²) in [4.78, 5) is 15.8. The fraction of sp³-hybridized carbons (Fsp3) is 0.353. The summed E-state index contributed by atoms with van der Waals surface area (Å²) in [6.07, 6.45) is 1.89. The Morgan fingerprint density at radius 3 is 2.26 bits per heavy atom. The highest BCUT2D eigenvalue weighted by atomic mass is 16.1. The van der Waals surface area contributed by atoms with Crippen LogP contribution in [-0.4, -0.2) is 10.8 Å². The lowest BCUT2D eigenvalue weighted by molar-refractivity contribution is 0.103. The predicted molar refractivity (Wildman–Crippen MR) is 78.8 cm³/mol. The van der Waals surface area contributed by atoms with Crippen LogP contribution in [0.25, 0.3) is 0 Å². The summed E-state index contributed by atoms with van der Waals surface area (Å²) in [5, 5.41) is 0. The zero-order valence-corrected chi connectivity index (χ0v) is 12.3. The van der Waals surface area contributed by atoms with Crippen LogP contribution < -0.4 is 0 Å². The highest BCUT2D eigenvalue weighted by Crippen LogP contribution is 2.28. The average Bonchev–Trinajstić information content (AvgIpc) is 2.68. The number of carbonyl (C=O) groups is 1. The lowest BCUT2D eigenvalue weighted by Crippen LogP contribution is -2.17. The van der Waals surface area contributed by atoms with E-state index >= 15 is 0 Å². The van der Waals surface area contributed by atoms with E-state index in [2.05, 4.69) is 25.8 Å².